The summed E-state index contributed by atoms with van der Waals surface area (Å²) in [6, 6.07) is 9.64. The molecule has 0 unspecified atom stereocenters. The van der Waals surface area contributed by atoms with E-state index in [4.69, 9.17) is 4.74 Å². The first kappa shape index (κ1) is 15.0. The minimum absolute atomic E-state index is 0.733. The lowest BCUT2D eigenvalue weighted by molar-refractivity contribution is 0.473. The van der Waals surface area contributed by atoms with Gasteiger partial charge in [0.1, 0.15) is 5.75 Å². The van der Waals surface area contributed by atoms with Gasteiger partial charge in [0.25, 0.3) is 0 Å². The predicted octanol–water partition coefficient (Wildman–Crippen LogP) is 7.29. The van der Waals surface area contributed by atoms with Gasteiger partial charge in [0.2, 0.25) is 0 Å². The zero-order valence-electron chi connectivity index (χ0n) is 8.68. The molecule has 0 aliphatic carbocycles. The summed E-state index contributed by atoms with van der Waals surface area (Å²) in [4.78, 5) is 0. The molecule has 0 saturated heterocycles. The third-order valence-corrected chi connectivity index (χ3v) is 5.74. The quantitative estimate of drug-likeness (QED) is 0.372. The minimum Gasteiger partial charge on any atom is -0.454 e. The normalized spacial score (nSPS) is 10.5. The first-order valence-corrected chi connectivity index (χ1v) is 8.72. The maximum atomic E-state index is 5.92. The molecule has 0 bridgehead atoms. The summed E-state index contributed by atoms with van der Waals surface area (Å²) in [7, 11) is 0. The van der Waals surface area contributed by atoms with Crippen LogP contribution in [0, 0.1) is 0 Å². The van der Waals surface area contributed by atoms with Crippen LogP contribution >= 0.6 is 79.6 Å². The predicted molar refractivity (Wildman–Crippen MR) is 91.5 cm³/mol. The van der Waals surface area contributed by atoms with Gasteiger partial charge in [-0.05, 0) is 88.0 Å². The van der Waals surface area contributed by atoms with E-state index in [-0.39, 0.29) is 0 Å². The van der Waals surface area contributed by atoms with Crippen LogP contribution < -0.4 is 4.74 Å². The van der Waals surface area contributed by atoms with Crippen LogP contribution in [-0.2, 0) is 0 Å². The molecule has 1 nitrogen and oxygen atoms in total. The van der Waals surface area contributed by atoms with E-state index in [0.717, 1.165) is 33.9 Å². The number of benzene rings is 2. The summed E-state index contributed by atoms with van der Waals surface area (Å²) in [5, 5.41) is 0. The zero-order valence-corrected chi connectivity index (χ0v) is 16.6. The lowest BCUT2D eigenvalue weighted by Crippen LogP contribution is -1.89. The van der Waals surface area contributed by atoms with Gasteiger partial charge in [-0.2, -0.15) is 0 Å². The fourth-order valence-electron chi connectivity index (χ4n) is 1.30. The monoisotopic (exact) mass is 560 g/mol. The summed E-state index contributed by atoms with van der Waals surface area (Å²) in [5.41, 5.74) is 0. The number of hydrogen-bond donors (Lipinski definition) is 0. The van der Waals surface area contributed by atoms with Crippen LogP contribution in [0.2, 0.25) is 0 Å². The summed E-state index contributed by atoms with van der Waals surface area (Å²) in [5.74, 6) is 1.48. The van der Waals surface area contributed by atoms with Gasteiger partial charge >= 0.3 is 0 Å². The molecular weight excluding hydrogens is 560 g/mol. The Hall–Kier alpha value is 0.640. The average molecular weight is 565 g/mol. The van der Waals surface area contributed by atoms with Gasteiger partial charge in [0, 0.05) is 8.95 Å². The molecule has 2 rings (SSSR count). The molecule has 0 aromatic heterocycles. The van der Waals surface area contributed by atoms with Gasteiger partial charge in [-0.1, -0.05) is 22.0 Å². The smallest absolute Gasteiger partial charge is 0.155 e. The first-order chi connectivity index (χ1) is 8.49. The topological polar surface area (TPSA) is 9.23 Å². The lowest BCUT2D eigenvalue weighted by atomic mass is 10.3. The maximum Gasteiger partial charge on any atom is 0.155 e. The van der Waals surface area contributed by atoms with Crippen LogP contribution in [0.15, 0.2) is 52.7 Å². The van der Waals surface area contributed by atoms with Crippen molar-refractivity contribution in [1.29, 1.82) is 0 Å². The second-order valence-electron chi connectivity index (χ2n) is 3.35. The molecule has 0 N–H and O–H groups in total. The van der Waals surface area contributed by atoms with E-state index < -0.39 is 0 Å². The summed E-state index contributed by atoms with van der Waals surface area (Å²) < 4.78 is 10.5. The van der Waals surface area contributed by atoms with Crippen LogP contribution in [0.5, 0.6) is 11.5 Å². The van der Waals surface area contributed by atoms with Crippen molar-refractivity contribution in [2.45, 2.75) is 0 Å². The van der Waals surface area contributed by atoms with Crippen molar-refractivity contribution in [3.05, 3.63) is 52.7 Å². The Morgan fingerprint density at radius 3 is 2.00 bits per heavy atom. The van der Waals surface area contributed by atoms with E-state index in [1.807, 2.05) is 30.3 Å². The van der Waals surface area contributed by atoms with Gasteiger partial charge < -0.3 is 4.74 Å². The molecule has 0 radical (unpaired) electrons. The Kier molecular flexibility index (Phi) is 5.34. The lowest BCUT2D eigenvalue weighted by Gasteiger charge is -2.12. The fourth-order valence-corrected chi connectivity index (χ4v) is 4.41. The molecular formula is C12H5Br5O. The van der Waals surface area contributed by atoms with Crippen molar-refractivity contribution in [3.8, 4) is 11.5 Å². The van der Waals surface area contributed by atoms with Gasteiger partial charge in [-0.3, -0.25) is 0 Å². The number of rotatable bonds is 2. The Bertz CT molecular complexity index is 574. The molecule has 18 heavy (non-hydrogen) atoms. The summed E-state index contributed by atoms with van der Waals surface area (Å²) >= 11 is 17.3. The molecule has 0 aliphatic heterocycles. The molecule has 0 amide bonds. The molecule has 0 spiro atoms. The van der Waals surface area contributed by atoms with Crippen molar-refractivity contribution in [2.75, 3.05) is 0 Å². The van der Waals surface area contributed by atoms with E-state index in [1.165, 1.54) is 0 Å². The number of hydrogen-bond acceptors (Lipinski definition) is 1. The van der Waals surface area contributed by atoms with Crippen LogP contribution in [-0.4, -0.2) is 0 Å². The van der Waals surface area contributed by atoms with E-state index in [0.29, 0.717) is 0 Å². The zero-order chi connectivity index (χ0) is 13.3. The minimum atomic E-state index is 0.733. The van der Waals surface area contributed by atoms with E-state index in [9.17, 15) is 0 Å². The Morgan fingerprint density at radius 2 is 1.39 bits per heavy atom. The molecule has 2 aromatic carbocycles. The van der Waals surface area contributed by atoms with Crippen LogP contribution in [0.4, 0.5) is 0 Å². The van der Waals surface area contributed by atoms with Crippen LogP contribution in [0.25, 0.3) is 0 Å². The van der Waals surface area contributed by atoms with Crippen LogP contribution in [0.3, 0.4) is 0 Å². The number of halogens is 5. The van der Waals surface area contributed by atoms with Gasteiger partial charge in [-0.15, -0.1) is 0 Å². The Balaban J connectivity index is 2.43. The second kappa shape index (κ2) is 6.39. The third-order valence-electron chi connectivity index (χ3n) is 2.09. The van der Waals surface area contributed by atoms with E-state index >= 15 is 0 Å². The average Bonchev–Trinajstić information content (AvgIpc) is 2.28. The highest BCUT2D eigenvalue weighted by Gasteiger charge is 2.12. The van der Waals surface area contributed by atoms with E-state index in [2.05, 4.69) is 79.6 Å². The fraction of sp³-hybridized carbons (Fsp3) is 0. The van der Waals surface area contributed by atoms with Crippen molar-refractivity contribution >= 4 is 79.6 Å². The molecule has 2 aromatic rings. The first-order valence-electron chi connectivity index (χ1n) is 4.75. The molecule has 0 saturated carbocycles. The molecule has 6 heteroatoms. The molecule has 94 valence electrons. The highest BCUT2D eigenvalue weighted by atomic mass is 79.9. The van der Waals surface area contributed by atoms with Gasteiger partial charge in [0.05, 0.1) is 13.4 Å². The van der Waals surface area contributed by atoms with Gasteiger partial charge in [-0.25, -0.2) is 0 Å². The maximum absolute atomic E-state index is 5.92. The Morgan fingerprint density at radius 1 is 0.778 bits per heavy atom. The second-order valence-corrected chi connectivity index (χ2v) is 7.62. The molecule has 0 aliphatic rings. The summed E-state index contributed by atoms with van der Waals surface area (Å²) in [6.07, 6.45) is 0. The van der Waals surface area contributed by atoms with Crippen molar-refractivity contribution in [1.82, 2.24) is 0 Å². The highest BCUT2D eigenvalue weighted by Crippen LogP contribution is 2.42. The Labute approximate surface area is 147 Å². The van der Waals surface area contributed by atoms with Crippen LogP contribution in [0.1, 0.15) is 0 Å². The molecule has 0 atom stereocenters. The van der Waals surface area contributed by atoms with E-state index in [1.54, 1.807) is 0 Å². The largest absolute Gasteiger partial charge is 0.454 e. The summed E-state index contributed by atoms with van der Waals surface area (Å²) in [6.45, 7) is 0. The molecule has 0 heterocycles. The van der Waals surface area contributed by atoms with Gasteiger partial charge in [0.15, 0.2) is 5.75 Å². The van der Waals surface area contributed by atoms with Crippen molar-refractivity contribution in [3.63, 3.8) is 0 Å². The highest BCUT2D eigenvalue weighted by molar-refractivity contribution is 9.13. The van der Waals surface area contributed by atoms with Crippen molar-refractivity contribution < 1.29 is 4.74 Å². The third kappa shape index (κ3) is 3.39. The standard InChI is InChI=1S/C12H5Br5O/c13-6-4-8(15)12(9(16)5-6)18-10-3-1-2-7(14)11(10)17/h1-5H. The molecule has 0 fully saturated rings. The van der Waals surface area contributed by atoms with Crippen molar-refractivity contribution in [2.24, 2.45) is 0 Å². The number of ether oxygens (including phenoxy) is 1. The SMILES string of the molecule is Brc1cc(Br)c(Oc2cccc(Br)c2Br)c(Br)c1.